The zero-order chi connectivity index (χ0) is 9.14. The summed E-state index contributed by atoms with van der Waals surface area (Å²) in [5.41, 5.74) is 5.01. The van der Waals surface area contributed by atoms with Crippen LogP contribution in [0.3, 0.4) is 0 Å². The van der Waals surface area contributed by atoms with E-state index in [1.807, 2.05) is 6.92 Å². The summed E-state index contributed by atoms with van der Waals surface area (Å²) >= 11 is 1.43. The van der Waals surface area contributed by atoms with E-state index in [4.69, 9.17) is 5.73 Å². The third-order valence-electron chi connectivity index (χ3n) is 1.23. The van der Waals surface area contributed by atoms with E-state index in [1.165, 1.54) is 11.3 Å². The summed E-state index contributed by atoms with van der Waals surface area (Å²) in [5, 5.41) is 9.27. The molecule has 0 aliphatic carbocycles. The Balaban J connectivity index is 2.64. The van der Waals surface area contributed by atoms with Crippen LogP contribution in [0.15, 0.2) is 0 Å². The second kappa shape index (κ2) is 3.48. The summed E-state index contributed by atoms with van der Waals surface area (Å²) < 4.78 is 0. The number of carbonyl (C=O) groups excluding carboxylic acids is 1. The van der Waals surface area contributed by atoms with Crippen molar-refractivity contribution < 1.29 is 4.79 Å². The van der Waals surface area contributed by atoms with Gasteiger partial charge in [-0.15, -0.1) is 10.2 Å². The molecule has 0 aliphatic heterocycles. The Morgan fingerprint density at radius 3 is 2.75 bits per heavy atom. The molecule has 0 atom stereocenters. The Morgan fingerprint density at radius 1 is 1.67 bits per heavy atom. The number of aromatic nitrogens is 2. The molecule has 0 aliphatic rings. The fraction of sp³-hybridized carbons (Fsp3) is 0.500. The first-order valence-corrected chi connectivity index (χ1v) is 4.21. The second-order valence-corrected chi connectivity index (χ2v) is 3.59. The highest BCUT2D eigenvalue weighted by atomic mass is 32.1. The van der Waals surface area contributed by atoms with Gasteiger partial charge >= 0.3 is 0 Å². The lowest BCUT2D eigenvalue weighted by molar-refractivity contribution is -0.116. The molecular formula is C6H10N4OS. The first-order chi connectivity index (χ1) is 5.59. The minimum Gasteiger partial charge on any atom is -0.368 e. The van der Waals surface area contributed by atoms with Gasteiger partial charge in [0.05, 0.1) is 6.54 Å². The van der Waals surface area contributed by atoms with E-state index >= 15 is 0 Å². The number of rotatable bonds is 3. The standard InChI is InChI=1S/C6H10N4OS/c1-4-8-9-6(12-4)10(2)3-5(7)11/h3H2,1-2H3,(H2,7,11). The molecule has 0 radical (unpaired) electrons. The third-order valence-corrected chi connectivity index (χ3v) is 2.19. The first kappa shape index (κ1) is 8.92. The minimum absolute atomic E-state index is 0.175. The van der Waals surface area contributed by atoms with Crippen molar-refractivity contribution in [1.82, 2.24) is 10.2 Å². The molecule has 0 bridgehead atoms. The molecule has 6 heteroatoms. The molecule has 0 saturated carbocycles. The molecule has 5 nitrogen and oxygen atoms in total. The lowest BCUT2D eigenvalue weighted by atomic mass is 10.6. The molecular weight excluding hydrogens is 176 g/mol. The Hall–Kier alpha value is -1.17. The maximum absolute atomic E-state index is 10.5. The first-order valence-electron chi connectivity index (χ1n) is 3.39. The average Bonchev–Trinajstić information content (AvgIpc) is 2.34. The van der Waals surface area contributed by atoms with Gasteiger partial charge in [0.25, 0.3) is 0 Å². The van der Waals surface area contributed by atoms with Crippen LogP contribution in [0.2, 0.25) is 0 Å². The molecule has 1 heterocycles. The number of carbonyl (C=O) groups is 1. The number of nitrogens with zero attached hydrogens (tertiary/aromatic N) is 3. The summed E-state index contributed by atoms with van der Waals surface area (Å²) in [6.07, 6.45) is 0. The zero-order valence-electron chi connectivity index (χ0n) is 6.94. The van der Waals surface area contributed by atoms with E-state index in [0.717, 1.165) is 5.01 Å². The summed E-state index contributed by atoms with van der Waals surface area (Å²) in [4.78, 5) is 12.2. The van der Waals surface area contributed by atoms with Gasteiger partial charge in [-0.3, -0.25) is 4.79 Å². The van der Waals surface area contributed by atoms with Gasteiger partial charge in [-0.25, -0.2) is 0 Å². The van der Waals surface area contributed by atoms with Crippen LogP contribution < -0.4 is 10.6 Å². The quantitative estimate of drug-likeness (QED) is 0.707. The van der Waals surface area contributed by atoms with Gasteiger partial charge in [0.1, 0.15) is 5.01 Å². The number of anilines is 1. The van der Waals surface area contributed by atoms with E-state index in [0.29, 0.717) is 5.13 Å². The highest BCUT2D eigenvalue weighted by Crippen LogP contribution is 2.16. The monoisotopic (exact) mass is 186 g/mol. The van der Waals surface area contributed by atoms with E-state index in [9.17, 15) is 4.79 Å². The number of primary amides is 1. The van der Waals surface area contributed by atoms with Crippen molar-refractivity contribution in [2.75, 3.05) is 18.5 Å². The molecule has 66 valence electrons. The lowest BCUT2D eigenvalue weighted by Crippen LogP contribution is -2.30. The Bertz CT molecular complexity index is 285. The van der Waals surface area contributed by atoms with Crippen molar-refractivity contribution in [3.8, 4) is 0 Å². The highest BCUT2D eigenvalue weighted by Gasteiger charge is 2.07. The number of amides is 1. The number of nitrogens with two attached hydrogens (primary N) is 1. The van der Waals surface area contributed by atoms with Crippen LogP contribution >= 0.6 is 11.3 Å². The van der Waals surface area contributed by atoms with E-state index in [1.54, 1.807) is 11.9 Å². The second-order valence-electron chi connectivity index (χ2n) is 2.43. The topological polar surface area (TPSA) is 72.1 Å². The smallest absolute Gasteiger partial charge is 0.237 e. The Morgan fingerprint density at radius 2 is 2.33 bits per heavy atom. The highest BCUT2D eigenvalue weighted by molar-refractivity contribution is 7.15. The molecule has 0 saturated heterocycles. The van der Waals surface area contributed by atoms with Gasteiger partial charge in [-0.2, -0.15) is 0 Å². The van der Waals surface area contributed by atoms with Crippen molar-refractivity contribution in [1.29, 1.82) is 0 Å². The molecule has 2 N–H and O–H groups in total. The van der Waals surface area contributed by atoms with Crippen molar-refractivity contribution in [3.63, 3.8) is 0 Å². The number of hydrogen-bond acceptors (Lipinski definition) is 5. The fourth-order valence-electron chi connectivity index (χ4n) is 0.742. The van der Waals surface area contributed by atoms with Gasteiger partial charge in [-0.1, -0.05) is 11.3 Å². The van der Waals surface area contributed by atoms with Crippen molar-refractivity contribution in [2.24, 2.45) is 5.73 Å². The predicted molar refractivity (Wildman–Crippen MR) is 47.1 cm³/mol. The van der Waals surface area contributed by atoms with Gasteiger partial charge in [-0.05, 0) is 6.92 Å². The van der Waals surface area contributed by atoms with Crippen molar-refractivity contribution >= 4 is 22.4 Å². The third kappa shape index (κ3) is 2.16. The van der Waals surface area contributed by atoms with Crippen LogP contribution in [0.25, 0.3) is 0 Å². The van der Waals surface area contributed by atoms with Crippen molar-refractivity contribution in [3.05, 3.63) is 5.01 Å². The van der Waals surface area contributed by atoms with Crippen molar-refractivity contribution in [2.45, 2.75) is 6.92 Å². The molecule has 0 aromatic carbocycles. The SMILES string of the molecule is Cc1nnc(N(C)CC(N)=O)s1. The van der Waals surface area contributed by atoms with Gasteiger partial charge in [0.15, 0.2) is 0 Å². The molecule has 1 aromatic heterocycles. The molecule has 0 fully saturated rings. The van der Waals surface area contributed by atoms with Crippen LogP contribution in [0.1, 0.15) is 5.01 Å². The Labute approximate surface area is 74.2 Å². The van der Waals surface area contributed by atoms with E-state index in [-0.39, 0.29) is 12.5 Å². The maximum atomic E-state index is 10.5. The van der Waals surface area contributed by atoms with Gasteiger partial charge in [0.2, 0.25) is 11.0 Å². The maximum Gasteiger partial charge on any atom is 0.237 e. The van der Waals surface area contributed by atoms with E-state index in [2.05, 4.69) is 10.2 Å². The van der Waals surface area contributed by atoms with Crippen LogP contribution in [-0.4, -0.2) is 29.7 Å². The van der Waals surface area contributed by atoms with Gasteiger partial charge < -0.3 is 10.6 Å². The average molecular weight is 186 g/mol. The largest absolute Gasteiger partial charge is 0.368 e. The zero-order valence-corrected chi connectivity index (χ0v) is 7.76. The minimum atomic E-state index is -0.370. The lowest BCUT2D eigenvalue weighted by Gasteiger charge is -2.11. The summed E-state index contributed by atoms with van der Waals surface area (Å²) in [7, 11) is 1.75. The fourth-order valence-corrected chi connectivity index (χ4v) is 1.39. The van der Waals surface area contributed by atoms with Crippen LogP contribution in [-0.2, 0) is 4.79 Å². The van der Waals surface area contributed by atoms with Gasteiger partial charge in [0, 0.05) is 7.05 Å². The van der Waals surface area contributed by atoms with Crippen LogP contribution in [0.5, 0.6) is 0 Å². The normalized spacial score (nSPS) is 9.83. The number of aryl methyl sites for hydroxylation is 1. The molecule has 12 heavy (non-hydrogen) atoms. The Kier molecular flexibility index (Phi) is 2.59. The molecule has 0 spiro atoms. The molecule has 1 amide bonds. The predicted octanol–water partition coefficient (Wildman–Crippen LogP) is -0.232. The van der Waals surface area contributed by atoms with Crippen LogP contribution in [0.4, 0.5) is 5.13 Å². The summed E-state index contributed by atoms with van der Waals surface area (Å²) in [6.45, 7) is 2.04. The molecule has 1 aromatic rings. The molecule has 0 unspecified atom stereocenters. The van der Waals surface area contributed by atoms with E-state index < -0.39 is 0 Å². The number of likely N-dealkylation sites (N-methyl/N-ethyl adjacent to an activating group) is 1. The van der Waals surface area contributed by atoms with Crippen LogP contribution in [0, 0.1) is 6.92 Å². The molecule has 1 rings (SSSR count). The summed E-state index contributed by atoms with van der Waals surface area (Å²) in [6, 6.07) is 0. The number of hydrogen-bond donors (Lipinski definition) is 1. The summed E-state index contributed by atoms with van der Waals surface area (Å²) in [5.74, 6) is -0.370.